The Morgan fingerprint density at radius 1 is 0.783 bits per heavy atom. The lowest BCUT2D eigenvalue weighted by molar-refractivity contribution is -0.885. The number of halogens is 2. The summed E-state index contributed by atoms with van der Waals surface area (Å²) in [7, 11) is 6.53. The maximum Gasteiger partial charge on any atom is 0.190 e. The Labute approximate surface area is 150 Å². The zero-order valence-electron chi connectivity index (χ0n) is 14.9. The standard InChI is InChI=1S/2C6H15ClNO.H2O4S/c2*1-5(9)6(7)8(2,3)4;1-5(2,3)4/h2*5-6,9H,1-4H3;(H2,1,2,3,4)/q2*+1;/p-2/t2*5?,6-;/m11./s1. The highest BCUT2D eigenvalue weighted by atomic mass is 35.5. The summed E-state index contributed by atoms with van der Waals surface area (Å²) in [5.41, 5.74) is -0.435. The third kappa shape index (κ3) is 22.3. The molecule has 2 N–H and O–H groups in total. The van der Waals surface area contributed by atoms with E-state index in [1.807, 2.05) is 42.3 Å². The molecule has 0 aromatic carbocycles. The van der Waals surface area contributed by atoms with Gasteiger partial charge in [0.15, 0.2) is 11.0 Å². The predicted octanol–water partition coefficient (Wildman–Crippen LogP) is -0.0614. The number of aliphatic hydroxyl groups excluding tert-OH is 2. The summed E-state index contributed by atoms with van der Waals surface area (Å²) in [4.78, 5) is 0. The molecule has 0 saturated heterocycles. The van der Waals surface area contributed by atoms with Gasteiger partial charge in [0.05, 0.1) is 42.3 Å². The monoisotopic (exact) mass is 400 g/mol. The second-order valence-corrected chi connectivity index (χ2v) is 8.58. The summed E-state index contributed by atoms with van der Waals surface area (Å²) in [5, 5.41) is 18.0. The molecule has 0 fully saturated rings. The molecule has 0 aliphatic carbocycles. The van der Waals surface area contributed by atoms with E-state index in [0.29, 0.717) is 8.97 Å². The van der Waals surface area contributed by atoms with Crippen LogP contribution >= 0.6 is 23.2 Å². The molecule has 0 bridgehead atoms. The van der Waals surface area contributed by atoms with Crippen LogP contribution in [0.4, 0.5) is 0 Å². The summed E-state index contributed by atoms with van der Waals surface area (Å²) in [6.07, 6.45) is -0.904. The van der Waals surface area contributed by atoms with Gasteiger partial charge in [-0.2, -0.15) is 0 Å². The van der Waals surface area contributed by atoms with Crippen molar-refractivity contribution in [1.82, 2.24) is 0 Å². The van der Waals surface area contributed by atoms with Gasteiger partial charge < -0.3 is 28.3 Å². The van der Waals surface area contributed by atoms with Gasteiger partial charge in [0.1, 0.15) is 12.2 Å². The highest BCUT2D eigenvalue weighted by molar-refractivity contribution is 7.79. The molecular weight excluding hydrogens is 371 g/mol. The quantitative estimate of drug-likeness (QED) is 0.224. The Morgan fingerprint density at radius 3 is 0.913 bits per heavy atom. The Kier molecular flexibility index (Phi) is 13.5. The summed E-state index contributed by atoms with van der Waals surface area (Å²) >= 11 is 11.6. The van der Waals surface area contributed by atoms with Gasteiger partial charge in [-0.1, -0.05) is 23.2 Å². The summed E-state index contributed by atoms with van der Waals surface area (Å²) in [5.74, 6) is 0. The molecule has 0 saturated carbocycles. The second-order valence-electron chi connectivity index (χ2n) is 6.87. The van der Waals surface area contributed by atoms with E-state index < -0.39 is 22.6 Å². The molecule has 0 aromatic heterocycles. The minimum absolute atomic E-state index is 0.218. The van der Waals surface area contributed by atoms with Crippen LogP contribution in [0.5, 0.6) is 0 Å². The van der Waals surface area contributed by atoms with Crippen LogP contribution in [0.25, 0.3) is 0 Å². The van der Waals surface area contributed by atoms with Crippen molar-refractivity contribution in [2.24, 2.45) is 0 Å². The number of likely N-dealkylation sites (N-methyl/N-ethyl adjacent to an activating group) is 2. The highest BCUT2D eigenvalue weighted by Gasteiger charge is 2.25. The molecule has 0 aliphatic heterocycles. The molecule has 0 radical (unpaired) electrons. The van der Waals surface area contributed by atoms with Crippen LogP contribution in [0.15, 0.2) is 0 Å². The first-order valence-electron chi connectivity index (χ1n) is 6.64. The first kappa shape index (κ1) is 28.1. The molecule has 23 heavy (non-hydrogen) atoms. The van der Waals surface area contributed by atoms with Crippen LogP contribution in [0, 0.1) is 0 Å². The van der Waals surface area contributed by atoms with E-state index in [9.17, 15) is 0 Å². The fraction of sp³-hybridized carbons (Fsp3) is 1.00. The van der Waals surface area contributed by atoms with Crippen molar-refractivity contribution in [3.63, 3.8) is 0 Å². The van der Waals surface area contributed by atoms with E-state index in [1.165, 1.54) is 0 Å². The van der Waals surface area contributed by atoms with Crippen LogP contribution < -0.4 is 0 Å². The Hall–Kier alpha value is 0.290. The number of rotatable bonds is 4. The molecule has 0 aliphatic rings. The minimum Gasteiger partial charge on any atom is -0.759 e. The van der Waals surface area contributed by atoms with Gasteiger partial charge in [-0.25, -0.2) is 0 Å². The predicted molar refractivity (Wildman–Crippen MR) is 89.2 cm³/mol. The molecule has 11 heteroatoms. The van der Waals surface area contributed by atoms with Crippen LogP contribution in [-0.2, 0) is 10.4 Å². The zero-order chi connectivity index (χ0) is 19.8. The van der Waals surface area contributed by atoms with Crippen LogP contribution in [0.1, 0.15) is 13.8 Å². The van der Waals surface area contributed by atoms with Crippen molar-refractivity contribution < 1.29 is 36.7 Å². The molecule has 0 heterocycles. The van der Waals surface area contributed by atoms with Gasteiger partial charge in [-0.3, -0.25) is 8.42 Å². The Balaban J connectivity index is -0.000000273. The molecule has 0 amide bonds. The average molecular weight is 401 g/mol. The van der Waals surface area contributed by atoms with Crippen molar-refractivity contribution in [3.05, 3.63) is 0 Å². The summed E-state index contributed by atoms with van der Waals surface area (Å²) < 4.78 is 35.2. The SMILES string of the molecule is CC(O)[C@H](Cl)[N+](C)(C)C.CC(O)[C@H](Cl)[N+](C)(C)C.O=S(=O)([O-])[O-]. The molecule has 0 aromatic rings. The van der Waals surface area contributed by atoms with E-state index in [2.05, 4.69) is 0 Å². The molecule has 8 nitrogen and oxygen atoms in total. The molecule has 4 atom stereocenters. The van der Waals surface area contributed by atoms with Gasteiger partial charge in [-0.05, 0) is 13.8 Å². The van der Waals surface area contributed by atoms with Crippen molar-refractivity contribution in [3.8, 4) is 0 Å². The number of quaternary nitrogens is 2. The fourth-order valence-corrected chi connectivity index (χ4v) is 1.29. The average Bonchev–Trinajstić information content (AvgIpc) is 2.22. The zero-order valence-corrected chi connectivity index (χ0v) is 17.2. The van der Waals surface area contributed by atoms with Crippen LogP contribution in [0.2, 0.25) is 0 Å². The smallest absolute Gasteiger partial charge is 0.190 e. The lowest BCUT2D eigenvalue weighted by Crippen LogP contribution is -2.47. The lowest BCUT2D eigenvalue weighted by Gasteiger charge is -2.31. The van der Waals surface area contributed by atoms with Crippen molar-refractivity contribution in [2.75, 3.05) is 42.3 Å². The van der Waals surface area contributed by atoms with E-state index >= 15 is 0 Å². The summed E-state index contributed by atoms with van der Waals surface area (Å²) in [6, 6.07) is 0. The second kappa shape index (κ2) is 11.0. The maximum atomic E-state index is 9.01. The van der Waals surface area contributed by atoms with Crippen molar-refractivity contribution >= 4 is 33.6 Å². The fourth-order valence-electron chi connectivity index (χ4n) is 1.29. The molecule has 0 spiro atoms. The molecule has 144 valence electrons. The van der Waals surface area contributed by atoms with E-state index in [1.54, 1.807) is 13.8 Å². The minimum atomic E-state index is -5.17. The molecular formula is C12H30Cl2N2O6S. The van der Waals surface area contributed by atoms with Gasteiger partial charge >= 0.3 is 0 Å². The van der Waals surface area contributed by atoms with Crippen molar-refractivity contribution in [1.29, 1.82) is 0 Å². The third-order valence-corrected chi connectivity index (χ3v) is 4.18. The van der Waals surface area contributed by atoms with E-state index in [-0.39, 0.29) is 11.0 Å². The Morgan fingerprint density at radius 2 is 0.913 bits per heavy atom. The maximum absolute atomic E-state index is 9.01. The number of aliphatic hydroxyl groups is 2. The number of hydrogen-bond donors (Lipinski definition) is 2. The third-order valence-electron chi connectivity index (χ3n) is 2.28. The number of hydrogen-bond acceptors (Lipinski definition) is 6. The Bertz CT molecular complexity index is 373. The van der Waals surface area contributed by atoms with Gasteiger partial charge in [-0.15, -0.1) is 0 Å². The van der Waals surface area contributed by atoms with Crippen molar-refractivity contribution in [2.45, 2.75) is 37.1 Å². The topological polar surface area (TPSA) is 121 Å². The van der Waals surface area contributed by atoms with Crippen LogP contribution in [-0.4, -0.2) is 102 Å². The highest BCUT2D eigenvalue weighted by Crippen LogP contribution is 2.12. The van der Waals surface area contributed by atoms with Gasteiger partial charge in [0.2, 0.25) is 0 Å². The number of alkyl halides is 2. The number of nitrogens with zero attached hydrogens (tertiary/aromatic N) is 2. The largest absolute Gasteiger partial charge is 0.759 e. The summed E-state index contributed by atoms with van der Waals surface area (Å²) in [6.45, 7) is 3.39. The first-order valence-corrected chi connectivity index (χ1v) is 8.85. The first-order chi connectivity index (χ1) is 9.71. The normalized spacial score (nSPS) is 17.7. The molecule has 2 unspecified atom stereocenters. The van der Waals surface area contributed by atoms with E-state index in [0.717, 1.165) is 0 Å². The van der Waals surface area contributed by atoms with Crippen LogP contribution in [0.3, 0.4) is 0 Å². The van der Waals surface area contributed by atoms with Gasteiger partial charge in [0.25, 0.3) is 0 Å². The van der Waals surface area contributed by atoms with Gasteiger partial charge in [0, 0.05) is 10.4 Å². The lowest BCUT2D eigenvalue weighted by atomic mass is 10.3. The van der Waals surface area contributed by atoms with E-state index in [4.69, 9.17) is 50.9 Å². The molecule has 0 rings (SSSR count).